The van der Waals surface area contributed by atoms with Crippen LogP contribution >= 0.6 is 0 Å². The van der Waals surface area contributed by atoms with E-state index in [9.17, 15) is 0 Å². The van der Waals surface area contributed by atoms with E-state index in [-0.39, 0.29) is 0 Å². The molecule has 2 nitrogen and oxygen atoms in total. The summed E-state index contributed by atoms with van der Waals surface area (Å²) in [5, 5.41) is 3.68. The first kappa shape index (κ1) is 13.0. The summed E-state index contributed by atoms with van der Waals surface area (Å²) in [5.41, 5.74) is 0.737. The molecule has 1 rings (SSSR count). The second kappa shape index (κ2) is 4.84. The van der Waals surface area contributed by atoms with Crippen LogP contribution in [-0.4, -0.2) is 36.6 Å². The topological polar surface area (TPSA) is 15.3 Å². The Kier molecular flexibility index (Phi) is 4.19. The summed E-state index contributed by atoms with van der Waals surface area (Å²) in [6, 6.07) is 0. The van der Waals surface area contributed by atoms with Crippen molar-refractivity contribution in [1.29, 1.82) is 0 Å². The van der Waals surface area contributed by atoms with Gasteiger partial charge in [0, 0.05) is 18.6 Å². The molecule has 0 bridgehead atoms. The van der Waals surface area contributed by atoms with Crippen LogP contribution in [0, 0.1) is 5.41 Å². The third-order valence-electron chi connectivity index (χ3n) is 3.25. The molecule has 1 heterocycles. The van der Waals surface area contributed by atoms with Crippen LogP contribution < -0.4 is 5.32 Å². The van der Waals surface area contributed by atoms with Crippen molar-refractivity contribution in [3.05, 3.63) is 0 Å². The Morgan fingerprint density at radius 1 is 1.33 bits per heavy atom. The summed E-state index contributed by atoms with van der Waals surface area (Å²) >= 11 is 0. The number of nitrogens with one attached hydrogen (secondary N) is 1. The smallest absolute Gasteiger partial charge is 0.0277 e. The molecule has 15 heavy (non-hydrogen) atoms. The molecule has 0 aliphatic carbocycles. The highest BCUT2D eigenvalue weighted by atomic mass is 15.2. The van der Waals surface area contributed by atoms with Crippen molar-refractivity contribution < 1.29 is 0 Å². The van der Waals surface area contributed by atoms with E-state index in [1.54, 1.807) is 0 Å². The lowest BCUT2D eigenvalue weighted by atomic mass is 9.93. The average molecular weight is 212 g/mol. The van der Waals surface area contributed by atoms with Gasteiger partial charge in [-0.3, -0.25) is 0 Å². The molecule has 0 amide bonds. The Labute approximate surface area is 95.4 Å². The van der Waals surface area contributed by atoms with E-state index < -0.39 is 0 Å². The summed E-state index contributed by atoms with van der Waals surface area (Å²) in [4.78, 5) is 2.63. The van der Waals surface area contributed by atoms with Gasteiger partial charge in [0.1, 0.15) is 0 Å². The van der Waals surface area contributed by atoms with Gasteiger partial charge in [-0.1, -0.05) is 27.7 Å². The number of hydrogen-bond acceptors (Lipinski definition) is 2. The molecule has 0 radical (unpaired) electrons. The van der Waals surface area contributed by atoms with Crippen LogP contribution in [0.25, 0.3) is 0 Å². The van der Waals surface area contributed by atoms with Gasteiger partial charge in [0.25, 0.3) is 0 Å². The Balaban J connectivity index is 2.57. The normalized spacial score (nSPS) is 30.2. The molecule has 1 unspecified atom stereocenters. The highest BCUT2D eigenvalue weighted by Gasteiger charge is 2.28. The minimum absolute atomic E-state index is 0.321. The van der Waals surface area contributed by atoms with Crippen LogP contribution in [0.1, 0.15) is 47.5 Å². The quantitative estimate of drug-likeness (QED) is 0.756. The third-order valence-corrected chi connectivity index (χ3v) is 3.25. The molecule has 1 aliphatic rings. The molecule has 1 atom stereocenters. The summed E-state index contributed by atoms with van der Waals surface area (Å²) < 4.78 is 0. The van der Waals surface area contributed by atoms with E-state index in [1.807, 2.05) is 0 Å². The fourth-order valence-electron chi connectivity index (χ4n) is 2.36. The van der Waals surface area contributed by atoms with Gasteiger partial charge in [-0.2, -0.15) is 0 Å². The van der Waals surface area contributed by atoms with Crippen LogP contribution in [0.5, 0.6) is 0 Å². The first-order valence-corrected chi connectivity index (χ1v) is 6.32. The van der Waals surface area contributed by atoms with Gasteiger partial charge in [0.15, 0.2) is 0 Å². The Morgan fingerprint density at radius 2 is 2.00 bits per heavy atom. The van der Waals surface area contributed by atoms with Gasteiger partial charge in [-0.15, -0.1) is 0 Å². The van der Waals surface area contributed by atoms with Crippen molar-refractivity contribution in [2.45, 2.75) is 53.0 Å². The van der Waals surface area contributed by atoms with Crippen molar-refractivity contribution in [1.82, 2.24) is 10.2 Å². The van der Waals surface area contributed by atoms with Crippen LogP contribution in [-0.2, 0) is 0 Å². The Bertz CT molecular complexity index is 195. The summed E-state index contributed by atoms with van der Waals surface area (Å²) in [7, 11) is 0. The standard InChI is InChI=1S/C13H28N2/c1-6-13(5)11-15(9-7-8-14-13)10-12(2,3)4/h14H,6-11H2,1-5H3. The zero-order valence-corrected chi connectivity index (χ0v) is 11.2. The van der Waals surface area contributed by atoms with E-state index >= 15 is 0 Å². The molecule has 0 aromatic heterocycles. The van der Waals surface area contributed by atoms with Gasteiger partial charge in [-0.05, 0) is 38.3 Å². The monoisotopic (exact) mass is 212 g/mol. The fourth-order valence-corrected chi connectivity index (χ4v) is 2.36. The van der Waals surface area contributed by atoms with Gasteiger partial charge >= 0.3 is 0 Å². The number of rotatable bonds is 2. The van der Waals surface area contributed by atoms with Gasteiger partial charge in [-0.25, -0.2) is 0 Å². The zero-order valence-electron chi connectivity index (χ0n) is 11.2. The highest BCUT2D eigenvalue weighted by Crippen LogP contribution is 2.20. The second-order valence-electron chi connectivity index (χ2n) is 6.47. The van der Waals surface area contributed by atoms with Crippen molar-refractivity contribution >= 4 is 0 Å². The van der Waals surface area contributed by atoms with E-state index in [4.69, 9.17) is 0 Å². The van der Waals surface area contributed by atoms with Crippen molar-refractivity contribution in [2.75, 3.05) is 26.2 Å². The third kappa shape index (κ3) is 4.52. The summed E-state index contributed by atoms with van der Waals surface area (Å²) in [6.45, 7) is 16.5. The van der Waals surface area contributed by atoms with E-state index in [1.165, 1.54) is 39.0 Å². The fraction of sp³-hybridized carbons (Fsp3) is 1.00. The lowest BCUT2D eigenvalue weighted by molar-refractivity contribution is 0.160. The predicted molar refractivity (Wildman–Crippen MR) is 67.2 cm³/mol. The average Bonchev–Trinajstić information content (AvgIpc) is 2.26. The molecule has 1 fully saturated rings. The molecule has 1 N–H and O–H groups in total. The van der Waals surface area contributed by atoms with E-state index in [0.29, 0.717) is 11.0 Å². The summed E-state index contributed by atoms with van der Waals surface area (Å²) in [6.07, 6.45) is 2.50. The molecular formula is C13H28N2. The van der Waals surface area contributed by atoms with Crippen LogP contribution in [0.15, 0.2) is 0 Å². The lowest BCUT2D eigenvalue weighted by Gasteiger charge is -2.35. The molecule has 0 aromatic rings. The maximum absolute atomic E-state index is 3.68. The SMILES string of the molecule is CCC1(C)CN(CC(C)(C)C)CCCN1. The largest absolute Gasteiger partial charge is 0.310 e. The highest BCUT2D eigenvalue weighted by molar-refractivity contribution is 4.88. The van der Waals surface area contributed by atoms with Crippen molar-refractivity contribution in [2.24, 2.45) is 5.41 Å². The first-order valence-electron chi connectivity index (χ1n) is 6.32. The maximum atomic E-state index is 3.68. The van der Waals surface area contributed by atoms with Crippen LogP contribution in [0.4, 0.5) is 0 Å². The van der Waals surface area contributed by atoms with Crippen molar-refractivity contribution in [3.8, 4) is 0 Å². The molecular weight excluding hydrogens is 184 g/mol. The molecule has 0 aromatic carbocycles. The summed E-state index contributed by atoms with van der Waals surface area (Å²) in [5.74, 6) is 0. The van der Waals surface area contributed by atoms with Crippen LogP contribution in [0.3, 0.4) is 0 Å². The molecule has 2 heteroatoms. The van der Waals surface area contributed by atoms with Gasteiger partial charge in [0.05, 0.1) is 0 Å². The minimum atomic E-state index is 0.321. The van der Waals surface area contributed by atoms with E-state index in [2.05, 4.69) is 44.8 Å². The molecule has 1 saturated heterocycles. The molecule has 0 spiro atoms. The maximum Gasteiger partial charge on any atom is 0.0277 e. The predicted octanol–water partition coefficient (Wildman–Crippen LogP) is 2.50. The molecule has 1 aliphatic heterocycles. The Morgan fingerprint density at radius 3 is 2.53 bits per heavy atom. The van der Waals surface area contributed by atoms with Gasteiger partial charge < -0.3 is 10.2 Å². The zero-order chi connectivity index (χ0) is 11.5. The molecule has 90 valence electrons. The first-order chi connectivity index (χ1) is 6.85. The van der Waals surface area contributed by atoms with Crippen LogP contribution in [0.2, 0.25) is 0 Å². The van der Waals surface area contributed by atoms with E-state index in [0.717, 1.165) is 0 Å². The molecule has 0 saturated carbocycles. The Hall–Kier alpha value is -0.0800. The number of hydrogen-bond donors (Lipinski definition) is 1. The number of nitrogens with zero attached hydrogens (tertiary/aromatic N) is 1. The van der Waals surface area contributed by atoms with Crippen molar-refractivity contribution in [3.63, 3.8) is 0 Å². The lowest BCUT2D eigenvalue weighted by Crippen LogP contribution is -2.49. The minimum Gasteiger partial charge on any atom is -0.310 e. The second-order valence-corrected chi connectivity index (χ2v) is 6.47. The van der Waals surface area contributed by atoms with Gasteiger partial charge in [0.2, 0.25) is 0 Å².